The van der Waals surface area contributed by atoms with Crippen LogP contribution in [0.5, 0.6) is 0 Å². The number of hydrogen-bond acceptors (Lipinski definition) is 9. The Labute approximate surface area is 252 Å². The summed E-state index contributed by atoms with van der Waals surface area (Å²) < 4.78 is 5.52. The van der Waals surface area contributed by atoms with Crippen molar-refractivity contribution in [2.24, 2.45) is 0 Å². The lowest BCUT2D eigenvalue weighted by molar-refractivity contribution is 0.122. The van der Waals surface area contributed by atoms with Crippen LogP contribution < -0.4 is 14.7 Å². The third-order valence-electron chi connectivity index (χ3n) is 8.18. The van der Waals surface area contributed by atoms with Gasteiger partial charge in [-0.25, -0.2) is 9.97 Å². The molecule has 0 bridgehead atoms. The van der Waals surface area contributed by atoms with E-state index in [2.05, 4.69) is 45.7 Å². The van der Waals surface area contributed by atoms with Crippen LogP contribution in [0.4, 0.5) is 17.8 Å². The van der Waals surface area contributed by atoms with E-state index in [0.29, 0.717) is 19.2 Å². The molecule has 1 aromatic carbocycles. The van der Waals surface area contributed by atoms with E-state index in [1.54, 1.807) is 0 Å². The maximum Gasteiger partial charge on any atom is 0.231 e. The fourth-order valence-electron chi connectivity index (χ4n) is 5.96. The zero-order chi connectivity index (χ0) is 29.1. The number of ether oxygens (including phenoxy) is 1. The lowest BCUT2D eigenvalue weighted by atomic mass is 9.94. The number of fused-ring (bicyclic) bond motifs is 3. The van der Waals surface area contributed by atoms with Gasteiger partial charge in [0.2, 0.25) is 17.8 Å². The van der Waals surface area contributed by atoms with Gasteiger partial charge in [-0.1, -0.05) is 38.3 Å². The molecule has 0 spiro atoms. The van der Waals surface area contributed by atoms with Gasteiger partial charge >= 0.3 is 0 Å². The molecular formula is C31H40ClN9O. The molecule has 11 heteroatoms. The predicted molar refractivity (Wildman–Crippen MR) is 168 cm³/mol. The highest BCUT2D eigenvalue weighted by atomic mass is 35.5. The van der Waals surface area contributed by atoms with E-state index in [0.717, 1.165) is 110 Å². The maximum atomic E-state index is 6.43. The molecule has 2 aliphatic rings. The Morgan fingerprint density at radius 2 is 1.71 bits per heavy atom. The summed E-state index contributed by atoms with van der Waals surface area (Å²) in [5.74, 6) is 2.89. The van der Waals surface area contributed by atoms with Gasteiger partial charge in [0.25, 0.3) is 0 Å². The van der Waals surface area contributed by atoms with Crippen LogP contribution in [0.25, 0.3) is 10.9 Å². The number of H-pyrrole nitrogens is 1. The van der Waals surface area contributed by atoms with Crippen LogP contribution in [0.3, 0.4) is 0 Å². The summed E-state index contributed by atoms with van der Waals surface area (Å²) in [6.45, 7) is 12.0. The summed E-state index contributed by atoms with van der Waals surface area (Å²) in [6.07, 6.45) is 9.20. The van der Waals surface area contributed by atoms with E-state index in [1.165, 1.54) is 5.56 Å². The number of halogens is 1. The second-order valence-corrected chi connectivity index (χ2v) is 11.6. The number of anilines is 3. The van der Waals surface area contributed by atoms with Gasteiger partial charge in [0.15, 0.2) is 0 Å². The van der Waals surface area contributed by atoms with Crippen molar-refractivity contribution >= 4 is 40.3 Å². The van der Waals surface area contributed by atoms with Crippen LogP contribution in [0.15, 0.2) is 30.6 Å². The van der Waals surface area contributed by atoms with Crippen molar-refractivity contribution in [2.45, 2.75) is 58.9 Å². The standard InChI is InChI=1S/C31H40ClN9O/c1-4-6-11-39(12-7-5-2)30-35-21(3)36-31(38-30)41-13-10-24-25-18-23(32)8-9-26(25)37-27(24)28(41)22-19-33-29(34-20-22)40-14-16-42-17-15-40/h8-9,18-20,28,37H,4-7,10-17H2,1-3H3. The number of nitrogens with zero attached hydrogens (tertiary/aromatic N) is 8. The molecule has 0 amide bonds. The van der Waals surface area contributed by atoms with Crippen LogP contribution in [0, 0.1) is 6.92 Å². The number of nitrogens with one attached hydrogen (secondary N) is 1. The first-order valence-corrected chi connectivity index (χ1v) is 15.6. The highest BCUT2D eigenvalue weighted by Gasteiger charge is 2.35. The SMILES string of the molecule is CCCCN(CCCC)c1nc(C)nc(N2CCc3c([nH]c4ccc(Cl)cc34)C2c2cnc(N3CCOCC3)nc2)n1. The van der Waals surface area contributed by atoms with Gasteiger partial charge in [-0.3, -0.25) is 0 Å². The Morgan fingerprint density at radius 3 is 2.43 bits per heavy atom. The molecule has 2 aliphatic heterocycles. The van der Waals surface area contributed by atoms with Crippen molar-refractivity contribution in [2.75, 3.05) is 60.6 Å². The number of rotatable bonds is 10. The van der Waals surface area contributed by atoms with Crippen LogP contribution in [-0.4, -0.2) is 75.8 Å². The average Bonchev–Trinajstić information content (AvgIpc) is 3.38. The third-order valence-corrected chi connectivity index (χ3v) is 8.42. The number of aryl methyl sites for hydroxylation is 1. The number of aromatic nitrogens is 6. The number of morpholine rings is 1. The molecule has 3 aromatic heterocycles. The molecule has 0 radical (unpaired) electrons. The molecule has 42 heavy (non-hydrogen) atoms. The molecule has 1 saturated heterocycles. The molecule has 222 valence electrons. The van der Waals surface area contributed by atoms with Gasteiger partial charge in [-0.15, -0.1) is 0 Å². The molecule has 10 nitrogen and oxygen atoms in total. The fraction of sp³-hybridized carbons (Fsp3) is 0.516. The second kappa shape index (κ2) is 12.8. The third kappa shape index (κ3) is 5.87. The van der Waals surface area contributed by atoms with Crippen LogP contribution in [0.2, 0.25) is 5.02 Å². The summed E-state index contributed by atoms with van der Waals surface area (Å²) in [7, 11) is 0. The lowest BCUT2D eigenvalue weighted by Crippen LogP contribution is -2.39. The fourth-order valence-corrected chi connectivity index (χ4v) is 6.13. The normalized spacial score (nSPS) is 17.1. The first kappa shape index (κ1) is 28.6. The van der Waals surface area contributed by atoms with Crippen LogP contribution in [-0.2, 0) is 11.2 Å². The Balaban J connectivity index is 1.42. The number of aromatic amines is 1. The van der Waals surface area contributed by atoms with Crippen molar-refractivity contribution in [3.8, 4) is 0 Å². The first-order chi connectivity index (χ1) is 20.6. The van der Waals surface area contributed by atoms with E-state index in [-0.39, 0.29) is 6.04 Å². The molecule has 4 aromatic rings. The van der Waals surface area contributed by atoms with E-state index < -0.39 is 0 Å². The zero-order valence-corrected chi connectivity index (χ0v) is 25.6. The molecule has 1 N–H and O–H groups in total. The minimum atomic E-state index is -0.187. The topological polar surface area (TPSA) is 99.2 Å². The number of unbranched alkanes of at least 4 members (excludes halogenated alkanes) is 2. The summed E-state index contributed by atoms with van der Waals surface area (Å²) in [5.41, 5.74) is 4.43. The average molecular weight is 590 g/mol. The minimum absolute atomic E-state index is 0.187. The maximum absolute atomic E-state index is 6.43. The Morgan fingerprint density at radius 1 is 0.976 bits per heavy atom. The van der Waals surface area contributed by atoms with E-state index in [9.17, 15) is 0 Å². The van der Waals surface area contributed by atoms with Gasteiger partial charge in [0.05, 0.1) is 13.2 Å². The van der Waals surface area contributed by atoms with E-state index in [4.69, 9.17) is 41.3 Å². The van der Waals surface area contributed by atoms with Crippen molar-refractivity contribution in [3.63, 3.8) is 0 Å². The summed E-state index contributed by atoms with van der Waals surface area (Å²) in [6, 6.07) is 5.86. The van der Waals surface area contributed by atoms with Crippen molar-refractivity contribution in [3.05, 3.63) is 58.3 Å². The lowest BCUT2D eigenvalue weighted by Gasteiger charge is -2.36. The molecule has 0 saturated carbocycles. The van der Waals surface area contributed by atoms with Crippen LogP contribution >= 0.6 is 11.6 Å². The Kier molecular flexibility index (Phi) is 8.71. The van der Waals surface area contributed by atoms with Gasteiger partial charge < -0.3 is 24.4 Å². The van der Waals surface area contributed by atoms with E-state index in [1.807, 2.05) is 25.4 Å². The number of benzene rings is 1. The van der Waals surface area contributed by atoms with Gasteiger partial charge in [-0.2, -0.15) is 15.0 Å². The highest BCUT2D eigenvalue weighted by Crippen LogP contribution is 2.40. The van der Waals surface area contributed by atoms with Crippen molar-refractivity contribution in [1.82, 2.24) is 29.9 Å². The second-order valence-electron chi connectivity index (χ2n) is 11.1. The summed E-state index contributed by atoms with van der Waals surface area (Å²) in [4.78, 5) is 34.9. The number of hydrogen-bond donors (Lipinski definition) is 1. The molecule has 1 unspecified atom stereocenters. The smallest absolute Gasteiger partial charge is 0.231 e. The molecule has 1 fully saturated rings. The largest absolute Gasteiger partial charge is 0.378 e. The zero-order valence-electron chi connectivity index (χ0n) is 24.8. The van der Waals surface area contributed by atoms with Gasteiger partial charge in [0.1, 0.15) is 11.9 Å². The quantitative estimate of drug-likeness (QED) is 0.257. The Hall–Kier alpha value is -3.50. The molecule has 5 heterocycles. The highest BCUT2D eigenvalue weighted by molar-refractivity contribution is 6.31. The predicted octanol–water partition coefficient (Wildman–Crippen LogP) is 5.50. The molecule has 6 rings (SSSR count). The summed E-state index contributed by atoms with van der Waals surface area (Å²) in [5, 5.41) is 1.89. The van der Waals surface area contributed by atoms with Gasteiger partial charge in [-0.05, 0) is 49.9 Å². The molecular weight excluding hydrogens is 550 g/mol. The minimum Gasteiger partial charge on any atom is -0.378 e. The van der Waals surface area contributed by atoms with Crippen molar-refractivity contribution < 1.29 is 4.74 Å². The van der Waals surface area contributed by atoms with Crippen LogP contribution in [0.1, 0.15) is 68.2 Å². The first-order valence-electron chi connectivity index (χ1n) is 15.2. The van der Waals surface area contributed by atoms with Crippen molar-refractivity contribution in [1.29, 1.82) is 0 Å². The molecule has 0 aliphatic carbocycles. The molecule has 1 atom stereocenters. The Bertz CT molecular complexity index is 1490. The summed E-state index contributed by atoms with van der Waals surface area (Å²) >= 11 is 6.43. The van der Waals surface area contributed by atoms with E-state index >= 15 is 0 Å². The monoisotopic (exact) mass is 589 g/mol. The van der Waals surface area contributed by atoms with Gasteiger partial charge in [0, 0.05) is 72.3 Å².